The molecule has 0 rings (SSSR count). The molecule has 0 aliphatic carbocycles. The molecule has 0 aromatic heterocycles. The van der Waals surface area contributed by atoms with E-state index in [1.165, 1.54) is 17.8 Å². The molecule has 0 spiro atoms. The summed E-state index contributed by atoms with van der Waals surface area (Å²) in [4.78, 5) is 0. The van der Waals surface area contributed by atoms with Gasteiger partial charge in [-0.2, -0.15) is 0 Å². The second-order valence-electron chi connectivity index (χ2n) is 9.46. The van der Waals surface area contributed by atoms with E-state index in [0.717, 1.165) is 0 Å². The highest BCUT2D eigenvalue weighted by Gasteiger charge is 1.55. The monoisotopic (exact) mass is 4510 g/mol. The van der Waals surface area contributed by atoms with Gasteiger partial charge in [-0.15, -0.1) is 0 Å². The maximum atomic E-state index is 4.84. The summed E-state index contributed by atoms with van der Waals surface area (Å²) < 4.78 is 0. The topological polar surface area (TPSA) is 0 Å². The lowest BCUT2D eigenvalue weighted by molar-refractivity contribution is 5.95. The normalized spacial score (nSPS) is 7.91. The summed E-state index contributed by atoms with van der Waals surface area (Å²) in [6.07, 6.45) is 0. The van der Waals surface area contributed by atoms with Gasteiger partial charge >= 0.3 is 0 Å². The Morgan fingerprint density at radius 3 is 0.0780 bits per heavy atom. The highest BCUT2D eigenvalue weighted by Crippen LogP contribution is 1.55. The van der Waals surface area contributed by atoms with Crippen LogP contribution in [0.2, 0.25) is 0 Å². The maximum Gasteiger partial charge on any atom is 0 e. The Labute approximate surface area is 1220 Å². The van der Waals surface area contributed by atoms with Gasteiger partial charge in [0.05, 0.1) is 0 Å². The van der Waals surface area contributed by atoms with Crippen LogP contribution in [-0.4, -0.2) is 0 Å². The molecule has 141 heteroatoms. The molecule has 0 heterocycles. The van der Waals surface area contributed by atoms with E-state index in [9.17, 15) is 0 Å². The van der Waals surface area contributed by atoms with Gasteiger partial charge in [-0.3, -0.25) is 0 Å². The fraction of sp³-hybridized carbons (Fsp3) is 0. The fourth-order valence-electron chi connectivity index (χ4n) is 1.55. The largest absolute Gasteiger partial charge is 0 e. The van der Waals surface area contributed by atoms with Gasteiger partial charge in [0.1, 0.15) is 0 Å². The lowest BCUT2D eigenvalue weighted by atomic mass is 30.7. The highest BCUT2D eigenvalue weighted by atomic mass is 33.6. The van der Waals surface area contributed by atoms with Crippen molar-refractivity contribution in [3.8, 4) is 0 Å². The van der Waals surface area contributed by atoms with E-state index in [0.29, 0.717) is 0 Å². The first-order valence-electron chi connectivity index (χ1n) is 23.3. The molecule has 141 heavy (non-hydrogen) atoms. The van der Waals surface area contributed by atoms with Gasteiger partial charge in [0, 0.05) is 1260 Å². The van der Waals surface area contributed by atoms with E-state index in [2.05, 4.69) is 0 Å². The molecule has 0 saturated carbocycles. The van der Waals surface area contributed by atoms with E-state index in [1.54, 1.807) is 107 Å². The Kier molecular flexibility index (Phi) is 209. The van der Waals surface area contributed by atoms with Crippen LogP contribution in [0.4, 0.5) is 0 Å². The van der Waals surface area contributed by atoms with Crippen LogP contribution in [0.5, 0.6) is 0 Å². The van der Waals surface area contributed by atoms with Gasteiger partial charge < -0.3 is 0 Å². The van der Waals surface area contributed by atoms with E-state index in [1.807, 2.05) is 1110 Å². The van der Waals surface area contributed by atoms with Crippen LogP contribution in [0.3, 0.4) is 0 Å². The van der Waals surface area contributed by atoms with E-state index in [-0.39, 0.29) is 0 Å². The second-order valence-corrected chi connectivity index (χ2v) is 255. The minimum atomic E-state index is 1.37. The predicted octanol–water partition coefficient (Wildman–Crippen LogP) is -0.338. The summed E-state index contributed by atoms with van der Waals surface area (Å²) in [5.41, 5.74) is 0. The molecule has 0 nitrogen and oxygen atoms in total. The zero-order chi connectivity index (χ0) is 100. The molecule has 0 unspecified atom stereocenters. The number of hydrogen-bond donors (Lipinski definition) is 0. The van der Waals surface area contributed by atoms with Crippen molar-refractivity contribution < 1.29 is 0 Å². The Hall–Kier alpha value is 31.0. The second kappa shape index (κ2) is 171. The molecule has 0 saturated heterocycles. The quantitative estimate of drug-likeness (QED) is 0.327. The first kappa shape index (κ1) is 172. The van der Waals surface area contributed by atoms with Crippen molar-refractivity contribution in [2.75, 3.05) is 0 Å². The summed E-state index contributed by atoms with van der Waals surface area (Å²) in [6, 6.07) is 0. The van der Waals surface area contributed by atoms with Crippen molar-refractivity contribution in [2.24, 2.45) is 0 Å². The molecule has 0 aromatic carbocycles. The average Bonchev–Trinajstić information content (AvgIpc) is 1.11. The summed E-state index contributed by atoms with van der Waals surface area (Å²) in [6.45, 7) is 0. The molecule has 0 bridgehead atoms. The van der Waals surface area contributed by atoms with Gasteiger partial charge in [-0.05, 0) is 0 Å². The van der Waals surface area contributed by atoms with E-state index >= 15 is 0 Å². The third kappa shape index (κ3) is 171. The number of hydrogen-bond acceptors (Lipinski definition) is 2. The molecular formula is S141. The Balaban J connectivity index is 6.21. The van der Waals surface area contributed by atoms with Crippen LogP contribution >= 0.6 is 0 Å². The van der Waals surface area contributed by atoms with Crippen LogP contribution in [0, 0.1) is 0 Å². The SMILES string of the molecule is S=S=S=S=S=S=S=S=S=S=S=S=S=S=S=S=S=S=S=S=S=S=S=S=S=S=S=S=S=S=S=S=S=S=S=S=S=S=S=S=S=S=S=S=S=S=S=S=S=S=S=S=S=S=S=S=S=S=S=S=S=S=S=S=S=S=S=S=S=S=S=S=S=S=S=S=S=S=S=S=S=S=S=S=S=S=S=S=S=S=S=S=S=S=S=S=S=S=S=S=S=S=S=S=S=S=S=S=S=S=S=S=S=S=S=S=S=S=S=S=S=S=S=S=S=S=S=S=S=S=S=S=S=S=S=S=S=S=S=S=S. The van der Waals surface area contributed by atoms with Crippen LogP contribution in [-0.2, 0) is 1260 Å². The van der Waals surface area contributed by atoms with Crippen molar-refractivity contribution in [3.63, 3.8) is 0 Å². The van der Waals surface area contributed by atoms with Crippen molar-refractivity contribution in [1.29, 1.82) is 0 Å². The smallest absolute Gasteiger partial charge is 0 e. The minimum Gasteiger partial charge on any atom is 0 e. The first-order valence-corrected chi connectivity index (χ1v) is 210. The van der Waals surface area contributed by atoms with E-state index < -0.39 is 0 Å². The fourth-order valence-corrected chi connectivity index (χ4v) is 378. The van der Waals surface area contributed by atoms with Crippen molar-refractivity contribution in [1.82, 2.24) is 0 Å². The van der Waals surface area contributed by atoms with Crippen molar-refractivity contribution in [3.05, 3.63) is 0 Å². The molecular weight excluding hydrogens is 4520 g/mol. The lowest BCUT2D eigenvalue weighted by Gasteiger charge is -1.41. The summed E-state index contributed by atoms with van der Waals surface area (Å²) in [5.74, 6) is 0. The number of rotatable bonds is 0. The third-order valence-electron chi connectivity index (χ3n) is 3.83. The summed E-state index contributed by atoms with van der Waals surface area (Å²) in [7, 11) is 252. The molecule has 0 N–H and O–H groups in total. The third-order valence-corrected chi connectivity index (χ3v) is 310. The van der Waals surface area contributed by atoms with Gasteiger partial charge in [0.2, 0.25) is 0 Å². The standard InChI is InChI=1S/S141/c1-3-5-7-9-11-13-15-17-19-21-23-25-27-29-31-33-35-37-39-41-43-45-47-49-51-53-55-57-59-61-63-65-67-69-71-73-75-77-79-81-83-85-87-89-91-93-95-97-99-101-103-105-107-109-111-113-115-117-119-121-123-125-127-129-131-133-135-137-139-141-140-138-136-134-132-130-128-126-124-122-120-118-116-114-112-110-108-106-104-102-100-98-96-94-92-90-88-86-84-82-80-78-76-74-72-70-68-66-64-62-60-58-56-54-52-50-48-46-44-42-40-38-36-34-32-30-28-26-24-22-20-18-16-14-12-10-8-6-4-2. The zero-order valence-electron chi connectivity index (χ0n) is 57.6. The van der Waals surface area contributed by atoms with Crippen molar-refractivity contribution >= 4 is 1260 Å². The summed E-state index contributed by atoms with van der Waals surface area (Å²) in [5, 5.41) is 0. The Morgan fingerprint density at radius 1 is 0.0355 bits per heavy atom. The Bertz CT molecular complexity index is 10400. The Morgan fingerprint density at radius 2 is 0.0567 bits per heavy atom. The van der Waals surface area contributed by atoms with Crippen LogP contribution < -0.4 is 0 Å². The lowest BCUT2D eigenvalue weighted by Crippen LogP contribution is -1.42. The molecule has 0 fully saturated rings. The molecule has 0 atom stereocenters. The van der Waals surface area contributed by atoms with Crippen molar-refractivity contribution in [2.45, 2.75) is 0 Å². The van der Waals surface area contributed by atoms with Gasteiger partial charge in [-0.25, -0.2) is 0 Å². The molecule has 846 valence electrons. The van der Waals surface area contributed by atoms with Crippen LogP contribution in [0.1, 0.15) is 0 Å². The molecule has 0 radical (unpaired) electrons. The molecule has 0 amide bonds. The van der Waals surface area contributed by atoms with Crippen LogP contribution in [0.25, 0.3) is 0 Å². The average molecular weight is 4520 g/mol. The van der Waals surface area contributed by atoms with Crippen LogP contribution in [0.15, 0.2) is 0 Å². The first-order chi connectivity index (χ1) is 70.4. The maximum absolute atomic E-state index is 4.84. The predicted molar refractivity (Wildman–Crippen MR) is 1040 cm³/mol. The zero-order valence-corrected chi connectivity index (χ0v) is 173. The minimum absolute atomic E-state index is 1.37. The van der Waals surface area contributed by atoms with Gasteiger partial charge in [-0.1, -0.05) is 0 Å². The highest BCUT2D eigenvalue weighted by molar-refractivity contribution is 8.91. The summed E-state index contributed by atoms with van der Waals surface area (Å²) >= 11 is 9.67. The van der Waals surface area contributed by atoms with E-state index in [4.69, 9.17) is 22.4 Å². The molecule has 0 aromatic rings. The molecule has 0 aliphatic rings. The van der Waals surface area contributed by atoms with Gasteiger partial charge in [0.25, 0.3) is 0 Å². The molecule has 0 aliphatic heterocycles. The van der Waals surface area contributed by atoms with Gasteiger partial charge in [0.15, 0.2) is 0 Å².